The maximum absolute atomic E-state index is 11.8. The van der Waals surface area contributed by atoms with Crippen molar-refractivity contribution in [3.8, 4) is 0 Å². The van der Waals surface area contributed by atoms with E-state index in [0.29, 0.717) is 6.42 Å². The third kappa shape index (κ3) is 3.56. The molecule has 6 nitrogen and oxygen atoms in total. The number of amides is 2. The Bertz CT molecular complexity index is 549. The smallest absolute Gasteiger partial charge is 0.264 e. The number of nitrogens with one attached hydrogen (secondary N) is 1. The minimum atomic E-state index is -3.88. The van der Waals surface area contributed by atoms with Gasteiger partial charge in [-0.3, -0.25) is 9.59 Å². The summed E-state index contributed by atoms with van der Waals surface area (Å²) in [5.74, 6) is -1.20. The third-order valence-electron chi connectivity index (χ3n) is 2.17. The highest BCUT2D eigenvalue weighted by Gasteiger charge is 2.17. The van der Waals surface area contributed by atoms with Crippen LogP contribution >= 0.6 is 0 Å². The van der Waals surface area contributed by atoms with Crippen molar-refractivity contribution < 1.29 is 18.0 Å². The van der Waals surface area contributed by atoms with Gasteiger partial charge in [0.05, 0.1) is 4.90 Å². The lowest BCUT2D eigenvalue weighted by Gasteiger charge is -2.06. The highest BCUT2D eigenvalue weighted by molar-refractivity contribution is 7.90. The Morgan fingerprint density at radius 3 is 2.22 bits per heavy atom. The van der Waals surface area contributed by atoms with E-state index in [-0.39, 0.29) is 16.9 Å². The second kappa shape index (κ2) is 5.63. The van der Waals surface area contributed by atoms with Crippen LogP contribution in [0.5, 0.6) is 0 Å². The minimum absolute atomic E-state index is 0.0862. The molecule has 1 rings (SSSR count). The maximum atomic E-state index is 11.8. The van der Waals surface area contributed by atoms with Gasteiger partial charge in [0.25, 0.3) is 10.0 Å². The fourth-order valence-electron chi connectivity index (χ4n) is 1.29. The monoisotopic (exact) mass is 270 g/mol. The zero-order valence-corrected chi connectivity index (χ0v) is 10.7. The first-order chi connectivity index (χ1) is 8.36. The topological polar surface area (TPSA) is 106 Å². The Labute approximate surface area is 105 Å². The molecule has 0 aliphatic heterocycles. The second-order valence-electron chi connectivity index (χ2n) is 3.67. The van der Waals surface area contributed by atoms with Gasteiger partial charge in [-0.1, -0.05) is 6.92 Å². The van der Waals surface area contributed by atoms with E-state index in [2.05, 4.69) is 0 Å². The molecule has 1 aromatic rings. The molecule has 0 atom stereocenters. The highest BCUT2D eigenvalue weighted by Crippen LogP contribution is 2.10. The van der Waals surface area contributed by atoms with Gasteiger partial charge in [0, 0.05) is 12.0 Å². The molecule has 0 aliphatic rings. The summed E-state index contributed by atoms with van der Waals surface area (Å²) in [5.41, 5.74) is 5.24. The summed E-state index contributed by atoms with van der Waals surface area (Å²) in [7, 11) is -3.88. The Morgan fingerprint density at radius 2 is 1.78 bits per heavy atom. The Hall–Kier alpha value is -1.89. The highest BCUT2D eigenvalue weighted by atomic mass is 32.2. The molecular formula is C11H14N2O4S. The first-order valence-electron chi connectivity index (χ1n) is 5.32. The normalized spacial score (nSPS) is 10.9. The molecule has 0 aliphatic carbocycles. The molecule has 2 amide bonds. The van der Waals surface area contributed by atoms with Crippen LogP contribution in [0.3, 0.4) is 0 Å². The molecule has 18 heavy (non-hydrogen) atoms. The summed E-state index contributed by atoms with van der Waals surface area (Å²) in [6, 6.07) is 5.03. The van der Waals surface area contributed by atoms with Gasteiger partial charge >= 0.3 is 0 Å². The number of hydrogen-bond donors (Lipinski definition) is 2. The van der Waals surface area contributed by atoms with Gasteiger partial charge in [-0.2, -0.15) is 0 Å². The number of rotatable bonds is 5. The third-order valence-corrected chi connectivity index (χ3v) is 3.56. The van der Waals surface area contributed by atoms with E-state index >= 15 is 0 Å². The van der Waals surface area contributed by atoms with Gasteiger partial charge in [-0.15, -0.1) is 0 Å². The van der Waals surface area contributed by atoms with Crippen molar-refractivity contribution in [2.24, 2.45) is 5.73 Å². The van der Waals surface area contributed by atoms with Gasteiger partial charge in [-0.25, -0.2) is 13.1 Å². The molecule has 0 aromatic heterocycles. The molecule has 0 radical (unpaired) electrons. The van der Waals surface area contributed by atoms with Gasteiger partial charge in [-0.05, 0) is 30.7 Å². The molecule has 0 heterocycles. The average Bonchev–Trinajstić information content (AvgIpc) is 2.28. The molecule has 0 bridgehead atoms. The Balaban J connectivity index is 2.92. The maximum Gasteiger partial charge on any atom is 0.264 e. The van der Waals surface area contributed by atoms with E-state index in [4.69, 9.17) is 5.73 Å². The van der Waals surface area contributed by atoms with E-state index in [1.54, 1.807) is 6.92 Å². The van der Waals surface area contributed by atoms with Crippen LogP contribution in [0, 0.1) is 0 Å². The molecule has 7 heteroatoms. The Morgan fingerprint density at radius 1 is 1.22 bits per heavy atom. The van der Waals surface area contributed by atoms with Crippen molar-refractivity contribution in [1.82, 2.24) is 4.72 Å². The second-order valence-corrected chi connectivity index (χ2v) is 5.35. The van der Waals surface area contributed by atoms with Crippen LogP contribution in [0.15, 0.2) is 29.2 Å². The van der Waals surface area contributed by atoms with Gasteiger partial charge < -0.3 is 5.73 Å². The van der Waals surface area contributed by atoms with E-state index in [0.717, 1.165) is 0 Å². The molecule has 0 unspecified atom stereocenters. The quantitative estimate of drug-likeness (QED) is 0.807. The summed E-state index contributed by atoms with van der Waals surface area (Å²) >= 11 is 0. The summed E-state index contributed by atoms with van der Waals surface area (Å²) in [6.07, 6.45) is 0.695. The number of carbonyl (C=O) groups is 2. The van der Waals surface area contributed by atoms with E-state index < -0.39 is 21.8 Å². The molecule has 98 valence electrons. The lowest BCUT2D eigenvalue weighted by atomic mass is 10.2. The molecule has 1 aromatic carbocycles. The zero-order chi connectivity index (χ0) is 13.8. The number of primary amides is 1. The van der Waals surface area contributed by atoms with Crippen LogP contribution in [0.2, 0.25) is 0 Å². The molecule has 0 spiro atoms. The summed E-state index contributed by atoms with van der Waals surface area (Å²) < 4.78 is 25.4. The van der Waals surface area contributed by atoms with Crippen molar-refractivity contribution in [3.05, 3.63) is 29.8 Å². The first-order valence-corrected chi connectivity index (χ1v) is 6.80. The van der Waals surface area contributed by atoms with Crippen LogP contribution < -0.4 is 10.5 Å². The van der Waals surface area contributed by atoms with Crippen LogP contribution in [0.1, 0.15) is 30.1 Å². The SMILES string of the molecule is CCCC(=O)NS(=O)(=O)c1ccc(C(N)=O)cc1. The van der Waals surface area contributed by atoms with E-state index in [1.807, 2.05) is 4.72 Å². The van der Waals surface area contributed by atoms with Gasteiger partial charge in [0.15, 0.2) is 0 Å². The van der Waals surface area contributed by atoms with Crippen molar-refractivity contribution >= 4 is 21.8 Å². The lowest BCUT2D eigenvalue weighted by molar-refractivity contribution is -0.119. The van der Waals surface area contributed by atoms with Crippen LogP contribution in [0.25, 0.3) is 0 Å². The Kier molecular flexibility index (Phi) is 4.43. The van der Waals surface area contributed by atoms with Gasteiger partial charge in [0.1, 0.15) is 0 Å². The molecule has 3 N–H and O–H groups in total. The van der Waals surface area contributed by atoms with Crippen LogP contribution in [-0.2, 0) is 14.8 Å². The molecule has 0 saturated heterocycles. The molecule has 0 saturated carbocycles. The molecular weight excluding hydrogens is 256 g/mol. The zero-order valence-electron chi connectivity index (χ0n) is 9.84. The number of nitrogens with two attached hydrogens (primary N) is 1. The summed E-state index contributed by atoms with van der Waals surface area (Å²) in [5, 5.41) is 0. The van der Waals surface area contributed by atoms with E-state index in [9.17, 15) is 18.0 Å². The number of hydrogen-bond acceptors (Lipinski definition) is 4. The fourth-order valence-corrected chi connectivity index (χ4v) is 2.30. The standard InChI is InChI=1S/C11H14N2O4S/c1-2-3-10(14)13-18(16,17)9-6-4-8(5-7-9)11(12)15/h4-7H,2-3H2,1H3,(H2,12,15)(H,13,14). The molecule has 0 fully saturated rings. The number of carbonyl (C=O) groups excluding carboxylic acids is 2. The lowest BCUT2D eigenvalue weighted by Crippen LogP contribution is -2.30. The summed E-state index contributed by atoms with van der Waals surface area (Å²) in [6.45, 7) is 1.77. The van der Waals surface area contributed by atoms with Crippen LogP contribution in [-0.4, -0.2) is 20.2 Å². The largest absolute Gasteiger partial charge is 0.366 e. The van der Waals surface area contributed by atoms with Gasteiger partial charge in [0.2, 0.25) is 11.8 Å². The predicted octanol–water partition coefficient (Wildman–Crippen LogP) is 0.391. The minimum Gasteiger partial charge on any atom is -0.366 e. The summed E-state index contributed by atoms with van der Waals surface area (Å²) in [4.78, 5) is 22.0. The van der Waals surface area contributed by atoms with Crippen LogP contribution in [0.4, 0.5) is 0 Å². The first kappa shape index (κ1) is 14.2. The van der Waals surface area contributed by atoms with Crippen molar-refractivity contribution in [3.63, 3.8) is 0 Å². The number of sulfonamides is 1. The van der Waals surface area contributed by atoms with Crippen molar-refractivity contribution in [1.29, 1.82) is 0 Å². The fraction of sp³-hybridized carbons (Fsp3) is 0.273. The average molecular weight is 270 g/mol. The van der Waals surface area contributed by atoms with Crippen molar-refractivity contribution in [2.45, 2.75) is 24.7 Å². The predicted molar refractivity (Wildman–Crippen MR) is 65.2 cm³/mol. The number of benzene rings is 1. The van der Waals surface area contributed by atoms with Crippen molar-refractivity contribution in [2.75, 3.05) is 0 Å². The van der Waals surface area contributed by atoms with E-state index in [1.165, 1.54) is 24.3 Å².